The number of rotatable bonds is 5. The Hall–Kier alpha value is -1.58. The predicted molar refractivity (Wildman–Crippen MR) is 65.2 cm³/mol. The molecule has 0 aromatic carbocycles. The summed E-state index contributed by atoms with van der Waals surface area (Å²) in [6.45, 7) is 7.53. The molecule has 0 amide bonds. The molecule has 1 atom stereocenters. The van der Waals surface area contributed by atoms with Crippen molar-refractivity contribution in [1.82, 2.24) is 4.98 Å². The largest absolute Gasteiger partial charge is 0.478 e. The second-order valence-electron chi connectivity index (χ2n) is 4.37. The van der Waals surface area contributed by atoms with Crippen LogP contribution in [-0.4, -0.2) is 22.2 Å². The highest BCUT2D eigenvalue weighted by Crippen LogP contribution is 2.21. The summed E-state index contributed by atoms with van der Waals surface area (Å²) < 4.78 is 5.55. The zero-order valence-corrected chi connectivity index (χ0v) is 10.7. The third kappa shape index (κ3) is 3.44. The Bertz CT molecular complexity index is 402. The predicted octanol–water partition coefficient (Wildman–Crippen LogP) is 2.44. The number of aliphatic carboxylic acids is 1. The molecular formula is C13H19NO3. The number of carbonyl (C=O) groups is 1. The van der Waals surface area contributed by atoms with E-state index in [9.17, 15) is 4.79 Å². The maximum absolute atomic E-state index is 11.1. The van der Waals surface area contributed by atoms with Crippen molar-refractivity contribution < 1.29 is 14.6 Å². The summed E-state index contributed by atoms with van der Waals surface area (Å²) in [5.41, 5.74) is 1.71. The molecule has 0 saturated carbocycles. The number of hydrogen-bond donors (Lipinski definition) is 1. The van der Waals surface area contributed by atoms with Gasteiger partial charge in [-0.3, -0.25) is 4.98 Å². The average Bonchev–Trinajstić information content (AvgIpc) is 2.26. The molecular weight excluding hydrogens is 218 g/mol. The van der Waals surface area contributed by atoms with Crippen LogP contribution in [0.1, 0.15) is 32.2 Å². The highest BCUT2D eigenvalue weighted by atomic mass is 16.5. The van der Waals surface area contributed by atoms with E-state index in [1.807, 2.05) is 33.8 Å². The Morgan fingerprint density at radius 1 is 1.47 bits per heavy atom. The minimum absolute atomic E-state index is 0.0847. The van der Waals surface area contributed by atoms with Gasteiger partial charge in [0.15, 0.2) is 6.10 Å². The van der Waals surface area contributed by atoms with Gasteiger partial charge >= 0.3 is 5.97 Å². The Labute approximate surface area is 102 Å². The van der Waals surface area contributed by atoms with Crippen LogP contribution in [0.4, 0.5) is 0 Å². The number of carboxylic acids is 1. The smallest absolute Gasteiger partial charge is 0.345 e. The maximum Gasteiger partial charge on any atom is 0.345 e. The number of aryl methyl sites for hydroxylation is 2. The maximum atomic E-state index is 11.1. The molecule has 0 radical (unpaired) electrons. The van der Waals surface area contributed by atoms with Gasteiger partial charge in [0.1, 0.15) is 5.75 Å². The standard InChI is InChI=1S/C13H19NO3/c1-5-10-11(7-6-9(4)14-10)17-12(8(2)3)13(15)16/h6-8,12H,5H2,1-4H3,(H,15,16). The van der Waals surface area contributed by atoms with E-state index in [-0.39, 0.29) is 5.92 Å². The van der Waals surface area contributed by atoms with Crippen LogP contribution < -0.4 is 4.74 Å². The van der Waals surface area contributed by atoms with E-state index >= 15 is 0 Å². The van der Waals surface area contributed by atoms with Crippen LogP contribution in [0.5, 0.6) is 5.75 Å². The third-order valence-electron chi connectivity index (χ3n) is 2.51. The number of hydrogen-bond acceptors (Lipinski definition) is 3. The van der Waals surface area contributed by atoms with Gasteiger partial charge in [-0.25, -0.2) is 4.79 Å². The molecule has 0 aliphatic rings. The summed E-state index contributed by atoms with van der Waals surface area (Å²) in [5, 5.41) is 9.08. The van der Waals surface area contributed by atoms with Gasteiger partial charge in [0.05, 0.1) is 5.69 Å². The van der Waals surface area contributed by atoms with E-state index in [2.05, 4.69) is 4.98 Å². The first-order valence-corrected chi connectivity index (χ1v) is 5.81. The molecule has 1 rings (SSSR count). The fraction of sp³-hybridized carbons (Fsp3) is 0.538. The lowest BCUT2D eigenvalue weighted by Crippen LogP contribution is -2.32. The summed E-state index contributed by atoms with van der Waals surface area (Å²) in [7, 11) is 0. The van der Waals surface area contributed by atoms with Crippen molar-refractivity contribution in [3.8, 4) is 5.75 Å². The first kappa shape index (κ1) is 13.5. The molecule has 0 bridgehead atoms. The minimum atomic E-state index is -0.942. The van der Waals surface area contributed by atoms with E-state index in [4.69, 9.17) is 9.84 Å². The quantitative estimate of drug-likeness (QED) is 0.854. The van der Waals surface area contributed by atoms with Crippen LogP contribution in [0.2, 0.25) is 0 Å². The van der Waals surface area contributed by atoms with Crippen molar-refractivity contribution in [3.05, 3.63) is 23.5 Å². The van der Waals surface area contributed by atoms with E-state index in [0.29, 0.717) is 5.75 Å². The topological polar surface area (TPSA) is 59.4 Å². The molecule has 0 aliphatic heterocycles. The number of aromatic nitrogens is 1. The van der Waals surface area contributed by atoms with Gasteiger partial charge in [0.25, 0.3) is 0 Å². The van der Waals surface area contributed by atoms with Crippen LogP contribution in [0.15, 0.2) is 12.1 Å². The summed E-state index contributed by atoms with van der Waals surface area (Å²) in [6, 6.07) is 3.62. The van der Waals surface area contributed by atoms with Gasteiger partial charge in [-0.05, 0) is 25.5 Å². The van der Waals surface area contributed by atoms with Crippen molar-refractivity contribution in [3.63, 3.8) is 0 Å². The van der Waals surface area contributed by atoms with Crippen LogP contribution in [0.3, 0.4) is 0 Å². The Morgan fingerprint density at radius 3 is 2.59 bits per heavy atom. The number of ether oxygens (including phenoxy) is 1. The normalized spacial score (nSPS) is 12.5. The first-order valence-electron chi connectivity index (χ1n) is 5.81. The zero-order chi connectivity index (χ0) is 13.0. The lowest BCUT2D eigenvalue weighted by atomic mass is 10.1. The summed E-state index contributed by atoms with van der Waals surface area (Å²) in [6.07, 6.45) is -0.105. The molecule has 0 aliphatic carbocycles. The van der Waals surface area contributed by atoms with Gasteiger partial charge in [0, 0.05) is 11.6 Å². The molecule has 0 fully saturated rings. The minimum Gasteiger partial charge on any atom is -0.478 e. The molecule has 1 heterocycles. The molecule has 4 nitrogen and oxygen atoms in total. The lowest BCUT2D eigenvalue weighted by molar-refractivity contribution is -0.147. The van der Waals surface area contributed by atoms with Gasteiger partial charge in [-0.15, -0.1) is 0 Å². The van der Waals surface area contributed by atoms with Crippen molar-refractivity contribution in [1.29, 1.82) is 0 Å². The third-order valence-corrected chi connectivity index (χ3v) is 2.51. The summed E-state index contributed by atoms with van der Waals surface area (Å²) >= 11 is 0. The molecule has 1 unspecified atom stereocenters. The summed E-state index contributed by atoms with van der Waals surface area (Å²) in [4.78, 5) is 15.4. The molecule has 4 heteroatoms. The molecule has 1 aromatic rings. The van der Waals surface area contributed by atoms with Gasteiger partial charge in [-0.1, -0.05) is 20.8 Å². The fourth-order valence-electron chi connectivity index (χ4n) is 1.57. The van der Waals surface area contributed by atoms with Crippen molar-refractivity contribution in [2.24, 2.45) is 5.92 Å². The van der Waals surface area contributed by atoms with Gasteiger partial charge in [-0.2, -0.15) is 0 Å². The zero-order valence-electron chi connectivity index (χ0n) is 10.7. The van der Waals surface area contributed by atoms with Crippen LogP contribution in [0, 0.1) is 12.8 Å². The Kier molecular flexibility index (Phi) is 4.49. The molecule has 17 heavy (non-hydrogen) atoms. The number of carboxylic acid groups (broad SMARTS) is 1. The van der Waals surface area contributed by atoms with Gasteiger partial charge in [0.2, 0.25) is 0 Å². The molecule has 0 spiro atoms. The molecule has 1 aromatic heterocycles. The second kappa shape index (κ2) is 5.66. The second-order valence-corrected chi connectivity index (χ2v) is 4.37. The van der Waals surface area contributed by atoms with Crippen LogP contribution >= 0.6 is 0 Å². The lowest BCUT2D eigenvalue weighted by Gasteiger charge is -2.19. The highest BCUT2D eigenvalue weighted by Gasteiger charge is 2.24. The molecule has 94 valence electrons. The van der Waals surface area contributed by atoms with Crippen molar-refractivity contribution in [2.45, 2.75) is 40.2 Å². The Balaban J connectivity index is 2.96. The molecule has 0 saturated heterocycles. The molecule has 1 N–H and O–H groups in total. The van der Waals surface area contributed by atoms with Crippen LogP contribution in [-0.2, 0) is 11.2 Å². The van der Waals surface area contributed by atoms with E-state index in [0.717, 1.165) is 17.8 Å². The summed E-state index contributed by atoms with van der Waals surface area (Å²) in [5.74, 6) is -0.458. The number of nitrogens with zero attached hydrogens (tertiary/aromatic N) is 1. The fourth-order valence-corrected chi connectivity index (χ4v) is 1.57. The monoisotopic (exact) mass is 237 g/mol. The Morgan fingerprint density at radius 2 is 2.12 bits per heavy atom. The van der Waals surface area contributed by atoms with E-state index < -0.39 is 12.1 Å². The van der Waals surface area contributed by atoms with Crippen molar-refractivity contribution in [2.75, 3.05) is 0 Å². The van der Waals surface area contributed by atoms with Crippen molar-refractivity contribution >= 4 is 5.97 Å². The first-order chi connectivity index (χ1) is 7.95. The average molecular weight is 237 g/mol. The number of pyridine rings is 1. The van der Waals surface area contributed by atoms with E-state index in [1.165, 1.54) is 0 Å². The van der Waals surface area contributed by atoms with E-state index in [1.54, 1.807) is 6.07 Å². The SMILES string of the molecule is CCc1nc(C)ccc1OC(C(=O)O)C(C)C. The van der Waals surface area contributed by atoms with Gasteiger partial charge < -0.3 is 9.84 Å². The van der Waals surface area contributed by atoms with Crippen LogP contribution in [0.25, 0.3) is 0 Å². The highest BCUT2D eigenvalue weighted by molar-refractivity contribution is 5.73.